The van der Waals surface area contributed by atoms with E-state index in [0.717, 1.165) is 24.2 Å². The molecule has 0 aliphatic heterocycles. The van der Waals surface area contributed by atoms with Gasteiger partial charge in [0.1, 0.15) is 5.75 Å². The fourth-order valence-corrected chi connectivity index (χ4v) is 2.36. The lowest BCUT2D eigenvalue weighted by molar-refractivity contribution is -0.121. The number of amides is 1. The maximum atomic E-state index is 11.8. The van der Waals surface area contributed by atoms with E-state index in [1.54, 1.807) is 7.05 Å². The molecular weight excluding hydrogens is 340 g/mol. The summed E-state index contributed by atoms with van der Waals surface area (Å²) in [5, 5.41) is 9.43. The number of aliphatic imine (C=N–C) groups is 1. The summed E-state index contributed by atoms with van der Waals surface area (Å²) in [5.74, 6) is 1.62. The number of carbonyl (C=O) groups excluding carboxylic acids is 1. The molecule has 3 N–H and O–H groups in total. The molecule has 152 valence electrons. The van der Waals surface area contributed by atoms with Gasteiger partial charge in [0.2, 0.25) is 5.91 Å². The van der Waals surface area contributed by atoms with Crippen molar-refractivity contribution in [2.24, 2.45) is 4.99 Å². The number of ether oxygens (including phenoxy) is 1. The average molecular weight is 377 g/mol. The van der Waals surface area contributed by atoms with Crippen molar-refractivity contribution in [1.29, 1.82) is 0 Å². The summed E-state index contributed by atoms with van der Waals surface area (Å²) in [6.07, 6.45) is 2.48. The van der Waals surface area contributed by atoms with Gasteiger partial charge in [-0.05, 0) is 45.2 Å². The Balaban J connectivity index is 2.54. The second-order valence-corrected chi connectivity index (χ2v) is 6.93. The van der Waals surface area contributed by atoms with Crippen molar-refractivity contribution in [2.75, 3.05) is 13.6 Å². The number of guanidine groups is 1. The summed E-state index contributed by atoms with van der Waals surface area (Å²) in [4.78, 5) is 16.1. The van der Waals surface area contributed by atoms with Crippen LogP contribution in [0.3, 0.4) is 0 Å². The molecule has 0 heterocycles. The lowest BCUT2D eigenvalue weighted by Crippen LogP contribution is -2.40. The predicted octanol–water partition coefficient (Wildman–Crippen LogP) is 3.14. The van der Waals surface area contributed by atoms with Gasteiger partial charge in [-0.1, -0.05) is 26.0 Å². The third kappa shape index (κ3) is 8.80. The second kappa shape index (κ2) is 12.2. The molecule has 1 aromatic carbocycles. The zero-order valence-corrected chi connectivity index (χ0v) is 17.7. The Kier molecular flexibility index (Phi) is 10.3. The van der Waals surface area contributed by atoms with Crippen molar-refractivity contribution in [3.63, 3.8) is 0 Å². The number of aryl methyl sites for hydroxylation is 1. The van der Waals surface area contributed by atoms with Gasteiger partial charge in [-0.2, -0.15) is 0 Å². The highest BCUT2D eigenvalue weighted by Crippen LogP contribution is 2.22. The highest BCUT2D eigenvalue weighted by molar-refractivity contribution is 5.81. The molecule has 2 atom stereocenters. The summed E-state index contributed by atoms with van der Waals surface area (Å²) in [6, 6.07) is 6.43. The van der Waals surface area contributed by atoms with Crippen LogP contribution in [0.25, 0.3) is 0 Å². The van der Waals surface area contributed by atoms with Crippen molar-refractivity contribution in [3.8, 4) is 5.75 Å². The van der Waals surface area contributed by atoms with E-state index in [0.29, 0.717) is 25.5 Å². The van der Waals surface area contributed by atoms with Crippen molar-refractivity contribution in [2.45, 2.75) is 72.6 Å². The Morgan fingerprint density at radius 1 is 1.19 bits per heavy atom. The van der Waals surface area contributed by atoms with Gasteiger partial charge in [0, 0.05) is 38.2 Å². The average Bonchev–Trinajstić information content (AvgIpc) is 2.65. The zero-order chi connectivity index (χ0) is 20.2. The van der Waals surface area contributed by atoms with Gasteiger partial charge in [0.25, 0.3) is 0 Å². The number of carbonyl (C=O) groups is 1. The lowest BCUT2D eigenvalue weighted by atomic mass is 10.1. The van der Waals surface area contributed by atoms with Crippen LogP contribution in [0.1, 0.15) is 58.1 Å². The second-order valence-electron chi connectivity index (χ2n) is 6.93. The van der Waals surface area contributed by atoms with E-state index in [4.69, 9.17) is 4.74 Å². The molecule has 1 amide bonds. The first-order valence-corrected chi connectivity index (χ1v) is 9.89. The SMILES string of the molecule is CCC(C)NC(=O)CCNC(=NC)NCc1ccc(C)cc1OC(C)CC. The first-order chi connectivity index (χ1) is 12.9. The van der Waals surface area contributed by atoms with Gasteiger partial charge < -0.3 is 20.7 Å². The van der Waals surface area contributed by atoms with Crippen LogP contribution in [-0.2, 0) is 11.3 Å². The third-order valence-corrected chi connectivity index (χ3v) is 4.46. The van der Waals surface area contributed by atoms with Gasteiger partial charge in [-0.3, -0.25) is 9.79 Å². The van der Waals surface area contributed by atoms with E-state index in [2.05, 4.69) is 66.8 Å². The summed E-state index contributed by atoms with van der Waals surface area (Å²) >= 11 is 0. The van der Waals surface area contributed by atoms with Crippen LogP contribution in [0, 0.1) is 6.92 Å². The molecule has 0 aliphatic carbocycles. The fraction of sp³-hybridized carbons (Fsp3) is 0.619. The van der Waals surface area contributed by atoms with Gasteiger partial charge in [0.05, 0.1) is 6.10 Å². The Hall–Kier alpha value is -2.24. The predicted molar refractivity (Wildman–Crippen MR) is 112 cm³/mol. The topological polar surface area (TPSA) is 74.8 Å². The minimum Gasteiger partial charge on any atom is -0.490 e. The summed E-state index contributed by atoms with van der Waals surface area (Å²) < 4.78 is 6.05. The minimum atomic E-state index is 0.0510. The number of nitrogens with zero attached hydrogens (tertiary/aromatic N) is 1. The van der Waals surface area contributed by atoms with Crippen LogP contribution in [0.15, 0.2) is 23.2 Å². The normalized spacial score (nSPS) is 13.6. The van der Waals surface area contributed by atoms with Crippen LogP contribution >= 0.6 is 0 Å². The molecule has 0 saturated carbocycles. The Morgan fingerprint density at radius 2 is 1.93 bits per heavy atom. The number of hydrogen-bond donors (Lipinski definition) is 3. The van der Waals surface area contributed by atoms with E-state index < -0.39 is 0 Å². The van der Waals surface area contributed by atoms with Crippen molar-refractivity contribution >= 4 is 11.9 Å². The van der Waals surface area contributed by atoms with Crippen LogP contribution < -0.4 is 20.7 Å². The van der Waals surface area contributed by atoms with Gasteiger partial charge in [0.15, 0.2) is 5.96 Å². The Morgan fingerprint density at radius 3 is 2.56 bits per heavy atom. The van der Waals surface area contributed by atoms with E-state index in [9.17, 15) is 4.79 Å². The number of hydrogen-bond acceptors (Lipinski definition) is 3. The van der Waals surface area contributed by atoms with Gasteiger partial charge >= 0.3 is 0 Å². The molecule has 2 unspecified atom stereocenters. The standard InChI is InChI=1S/C21H36N4O2/c1-7-16(4)25-20(26)11-12-23-21(22-6)24-14-18-10-9-15(3)13-19(18)27-17(5)8-2/h9-10,13,16-17H,7-8,11-12,14H2,1-6H3,(H,25,26)(H2,22,23,24). The number of benzene rings is 1. The smallest absolute Gasteiger partial charge is 0.221 e. The van der Waals surface area contributed by atoms with E-state index in [1.807, 2.05) is 6.92 Å². The lowest BCUT2D eigenvalue weighted by Gasteiger charge is -2.18. The Labute approximate surface area is 164 Å². The molecule has 0 saturated heterocycles. The quantitative estimate of drug-likeness (QED) is 0.433. The van der Waals surface area contributed by atoms with Crippen LogP contribution in [0.4, 0.5) is 0 Å². The molecule has 0 aromatic heterocycles. The van der Waals surface area contributed by atoms with Crippen molar-refractivity contribution < 1.29 is 9.53 Å². The number of nitrogens with one attached hydrogen (secondary N) is 3. The Bertz CT molecular complexity index is 616. The first kappa shape index (κ1) is 22.8. The zero-order valence-electron chi connectivity index (χ0n) is 17.7. The summed E-state index contributed by atoms with van der Waals surface area (Å²) in [6.45, 7) is 11.4. The molecule has 0 aliphatic rings. The molecule has 1 aromatic rings. The molecule has 6 heteroatoms. The molecule has 0 radical (unpaired) electrons. The van der Waals surface area contributed by atoms with E-state index >= 15 is 0 Å². The van der Waals surface area contributed by atoms with Crippen LogP contribution in [0.5, 0.6) is 5.75 Å². The van der Waals surface area contributed by atoms with Gasteiger partial charge in [-0.25, -0.2) is 0 Å². The van der Waals surface area contributed by atoms with E-state index in [1.165, 1.54) is 5.56 Å². The van der Waals surface area contributed by atoms with Crippen molar-refractivity contribution in [3.05, 3.63) is 29.3 Å². The minimum absolute atomic E-state index is 0.0510. The van der Waals surface area contributed by atoms with E-state index in [-0.39, 0.29) is 18.1 Å². The molecule has 0 fully saturated rings. The maximum Gasteiger partial charge on any atom is 0.221 e. The third-order valence-electron chi connectivity index (χ3n) is 4.46. The highest BCUT2D eigenvalue weighted by Gasteiger charge is 2.09. The van der Waals surface area contributed by atoms with Crippen LogP contribution in [-0.4, -0.2) is 37.6 Å². The first-order valence-electron chi connectivity index (χ1n) is 9.89. The maximum absolute atomic E-state index is 11.8. The fourth-order valence-electron chi connectivity index (χ4n) is 2.36. The summed E-state index contributed by atoms with van der Waals surface area (Å²) in [7, 11) is 1.72. The number of rotatable bonds is 10. The largest absolute Gasteiger partial charge is 0.490 e. The molecule has 0 bridgehead atoms. The molecule has 6 nitrogen and oxygen atoms in total. The highest BCUT2D eigenvalue weighted by atomic mass is 16.5. The molecular formula is C21H36N4O2. The molecule has 27 heavy (non-hydrogen) atoms. The molecule has 1 rings (SSSR count). The molecule has 0 spiro atoms. The van der Waals surface area contributed by atoms with Crippen molar-refractivity contribution in [1.82, 2.24) is 16.0 Å². The van der Waals surface area contributed by atoms with Gasteiger partial charge in [-0.15, -0.1) is 0 Å². The van der Waals surface area contributed by atoms with Crippen LogP contribution in [0.2, 0.25) is 0 Å². The summed E-state index contributed by atoms with van der Waals surface area (Å²) in [5.41, 5.74) is 2.25. The monoisotopic (exact) mass is 376 g/mol.